The number of piperidine rings is 3. The first-order valence-electron chi connectivity index (χ1n) is 51.5. The van der Waals surface area contributed by atoms with Gasteiger partial charge >= 0.3 is 65.4 Å². The predicted molar refractivity (Wildman–Crippen MR) is 531 cm³/mol. The Bertz CT molecular complexity index is 4340. The molecule has 15 aliphatic rings. The normalized spacial score (nSPS) is 31.0. The number of nitrogens with two attached hydrogens (primary N) is 5. The second kappa shape index (κ2) is 51.8. The van der Waals surface area contributed by atoms with Gasteiger partial charge in [0.15, 0.2) is 0 Å². The summed E-state index contributed by atoms with van der Waals surface area (Å²) in [6.45, 7) is 8.45. The lowest BCUT2D eigenvalue weighted by atomic mass is 9.78. The van der Waals surface area contributed by atoms with Gasteiger partial charge in [-0.3, -0.25) is 24.0 Å². The van der Waals surface area contributed by atoms with Crippen LogP contribution in [0.25, 0.3) is 0 Å². The third-order valence-corrected chi connectivity index (χ3v) is 41.6. The molecule has 5 saturated carbocycles. The molecule has 143 heavy (non-hydrogen) atoms. The highest BCUT2D eigenvalue weighted by atomic mass is 32.2. The van der Waals surface area contributed by atoms with E-state index in [1.165, 1.54) is 21.5 Å². The van der Waals surface area contributed by atoms with E-state index in [0.717, 1.165) is 155 Å². The molecule has 0 aromatic rings. The highest BCUT2D eigenvalue weighted by Crippen LogP contribution is 2.45. The Morgan fingerprint density at radius 2 is 0.441 bits per heavy atom. The fourth-order valence-corrected chi connectivity index (χ4v) is 31.8. The van der Waals surface area contributed by atoms with Crippen molar-refractivity contribution in [3.8, 4) is 0 Å². The summed E-state index contributed by atoms with van der Waals surface area (Å²) in [5, 5.41) is 155. The van der Waals surface area contributed by atoms with Crippen LogP contribution in [-0.4, -0.2) is 448 Å². The molecule has 0 aromatic carbocycles. The van der Waals surface area contributed by atoms with E-state index in [4.69, 9.17) is 78.9 Å². The quantitative estimate of drug-likeness (QED) is 0.0252. The summed E-state index contributed by atoms with van der Waals surface area (Å²) in [5.41, 5.74) is 22.5. The van der Waals surface area contributed by atoms with Crippen LogP contribution in [0.5, 0.6) is 0 Å². The van der Waals surface area contributed by atoms with Crippen molar-refractivity contribution in [2.24, 2.45) is 87.8 Å². The molecule has 14 atom stereocenters. The minimum atomic E-state index is -3.85. The van der Waals surface area contributed by atoms with Gasteiger partial charge in [-0.15, -0.1) is 0 Å². The summed E-state index contributed by atoms with van der Waals surface area (Å²) < 4.78 is 149. The van der Waals surface area contributed by atoms with E-state index < -0.39 is 174 Å². The Morgan fingerprint density at radius 3 is 0.608 bits per heavy atom. The van der Waals surface area contributed by atoms with E-state index in [9.17, 15) is 91.6 Å². The molecule has 10 heterocycles. The van der Waals surface area contributed by atoms with Gasteiger partial charge in [0, 0.05) is 184 Å². The molecule has 10 aliphatic heterocycles. The molecule has 0 aromatic heterocycles. The fourth-order valence-electron chi connectivity index (χ4n) is 21.7. The van der Waals surface area contributed by atoms with Crippen molar-refractivity contribution in [1.29, 1.82) is 0 Å². The maximum atomic E-state index is 13.5. The summed E-state index contributed by atoms with van der Waals surface area (Å²) in [5.74, 6) is -7.15. The fraction of sp³-hybridized carbons (Fsp3) is 0.940. The average Bonchev–Trinajstić information content (AvgIpc) is 1.62. The molecule has 0 radical (unpaired) electrons. The molecule has 1 unspecified atom stereocenters. The number of rotatable bonds is 50. The number of carboxylic acid groups (broad SMARTS) is 5. The second-order valence-corrected chi connectivity index (χ2v) is 52.5. The van der Waals surface area contributed by atoms with Gasteiger partial charge in [0.25, 0.3) is 51.0 Å². The Morgan fingerprint density at radius 1 is 0.266 bits per heavy atom. The van der Waals surface area contributed by atoms with Gasteiger partial charge in [-0.2, -0.15) is 85.1 Å². The van der Waals surface area contributed by atoms with Crippen molar-refractivity contribution in [3.05, 3.63) is 0 Å². The maximum Gasteiger partial charge on any atom is 0.451 e. The molecule has 0 bridgehead atoms. The molecule has 30 N–H and O–H groups in total. The summed E-state index contributed by atoms with van der Waals surface area (Å²) in [4.78, 5) is 59.4. The molecular weight excluding hydrogens is 1970 g/mol. The standard InChI is InChI=1S/3C17H33BN4O6S.2C16H31BN4O6S/c2*19-17(16(23)24)12-21(11-14(17)3-1-7-18(25)26)29(27,28)22(10-13-5-6-13)15-4-2-8-20-9-15;19-17(16(23)24)12-21(11-14(17)2-1-7-18(25)26)29(27,28)22(10-13-3-4-13)15-5-8-20-9-6-15;2*18-16(15(22)23)11-20(10-13(16)2-1-6-17(24)25)28(26,27)21(9-12-3-4-12)14-5-7-19-8-14/h3*13-15,20,25-26H,1-12,19H2,(H,23,24);2*12-14,19,24-25H,1-11,18H2,(H,22,23)/t14-,15?,17-;14-,15+,17-;14-,17-;13-,14+,16-;13-,14-,16-/m00000/s1. The SMILES string of the molecule is N[C@@]1(C(=O)O)CN(S(=O)(=O)N(CC2CC2)C2CCCNC2)C[C@@H]1CCCB(O)O.N[C@@]1(C(=O)O)CN(S(=O)(=O)N(CC2CC2)C2CCNCC2)C[C@@H]1CCCB(O)O.N[C@@]1(C(=O)O)CN(S(=O)(=O)N(CC2CC2)[C@@H]2CCCNC2)C[C@@H]1CCCB(O)O.N[C@@]1(C(=O)O)CN(S(=O)(=O)N(CC2CC2)[C@@H]2CCNC2)C[C@@H]1CCCB(O)O.N[C@@]1(C(=O)O)CN(S(=O)(=O)N(CC2CC2)[C@H]2CCNC2)C[C@@H]1CCCB(O)O. The van der Waals surface area contributed by atoms with Crippen molar-refractivity contribution in [2.45, 2.75) is 269 Å². The predicted octanol–water partition coefficient (Wildman–Crippen LogP) is -7.47. The van der Waals surface area contributed by atoms with Crippen LogP contribution in [0.15, 0.2) is 0 Å². The lowest BCUT2D eigenvalue weighted by Crippen LogP contribution is -2.57. The van der Waals surface area contributed by atoms with Crippen molar-refractivity contribution in [3.63, 3.8) is 0 Å². The Labute approximate surface area is 843 Å². The topological polar surface area (TPSA) is 782 Å². The minimum absolute atomic E-state index is 0.0357. The number of carbonyl (C=O) groups is 5. The minimum Gasteiger partial charge on any atom is -0.480 e. The van der Waals surface area contributed by atoms with Gasteiger partial charge in [-0.25, -0.2) is 0 Å². The molecule has 15 rings (SSSR count). The monoisotopic (exact) mass is 2130 g/mol. The van der Waals surface area contributed by atoms with Crippen LogP contribution in [0.2, 0.25) is 31.6 Å². The van der Waals surface area contributed by atoms with Crippen LogP contribution in [0, 0.1) is 59.2 Å². The molecule has 60 heteroatoms. The van der Waals surface area contributed by atoms with E-state index >= 15 is 0 Å². The van der Waals surface area contributed by atoms with E-state index in [1.54, 1.807) is 21.5 Å². The summed E-state index contributed by atoms with van der Waals surface area (Å²) in [6.07, 6.45) is 20.5. The molecular formula is C83H161B5N20O30S5. The first-order chi connectivity index (χ1) is 67.2. The Hall–Kier alpha value is -3.78. The van der Waals surface area contributed by atoms with Crippen LogP contribution in [0.3, 0.4) is 0 Å². The number of hydrogen-bond acceptors (Lipinski definition) is 35. The van der Waals surface area contributed by atoms with Crippen molar-refractivity contribution >= 4 is 116 Å². The highest BCUT2D eigenvalue weighted by molar-refractivity contribution is 7.88. The number of nitrogens with zero attached hydrogens (tertiary/aromatic N) is 10. The van der Waals surface area contributed by atoms with E-state index in [0.29, 0.717) is 153 Å². The molecule has 15 fully saturated rings. The third-order valence-electron chi connectivity index (χ3n) is 31.8. The van der Waals surface area contributed by atoms with Gasteiger partial charge in [-0.05, 0) is 248 Å². The van der Waals surface area contributed by atoms with Crippen LogP contribution in [0.1, 0.15) is 180 Å². The van der Waals surface area contributed by atoms with Crippen LogP contribution in [-0.2, 0) is 75.0 Å². The van der Waals surface area contributed by atoms with Gasteiger partial charge in [0.05, 0.1) is 0 Å². The second-order valence-electron chi connectivity index (χ2n) is 43.1. The molecule has 50 nitrogen and oxygen atoms in total. The lowest BCUT2D eigenvalue weighted by molar-refractivity contribution is -0.145. The smallest absolute Gasteiger partial charge is 0.451 e. The van der Waals surface area contributed by atoms with Crippen LogP contribution < -0.4 is 55.3 Å². The van der Waals surface area contributed by atoms with E-state index in [1.807, 2.05) is 0 Å². The zero-order valence-electron chi connectivity index (χ0n) is 82.3. The molecule has 818 valence electrons. The van der Waals surface area contributed by atoms with Crippen molar-refractivity contribution in [1.82, 2.24) is 69.6 Å². The number of aliphatic carboxylic acids is 5. The van der Waals surface area contributed by atoms with Gasteiger partial charge in [0.2, 0.25) is 0 Å². The maximum absolute atomic E-state index is 13.5. The summed E-state index contributed by atoms with van der Waals surface area (Å²) in [6, 6.07) is -0.579. The zero-order chi connectivity index (χ0) is 105. The number of nitrogens with one attached hydrogen (secondary N) is 5. The zero-order valence-corrected chi connectivity index (χ0v) is 86.4. The Kier molecular flexibility index (Phi) is 43.2. The molecule has 5 aliphatic carbocycles. The van der Waals surface area contributed by atoms with Crippen LogP contribution in [0.4, 0.5) is 0 Å². The van der Waals surface area contributed by atoms with Gasteiger partial charge in [-0.1, -0.05) is 32.1 Å². The Balaban J connectivity index is 0.000000171. The third kappa shape index (κ3) is 31.8. The van der Waals surface area contributed by atoms with Crippen molar-refractivity contribution in [2.75, 3.05) is 164 Å². The highest BCUT2D eigenvalue weighted by Gasteiger charge is 2.61. The largest absolute Gasteiger partial charge is 0.480 e. The average molecular weight is 2130 g/mol. The molecule has 0 amide bonds. The van der Waals surface area contributed by atoms with Crippen LogP contribution >= 0.6 is 0 Å². The van der Waals surface area contributed by atoms with Crippen molar-refractivity contribution < 1.29 is 142 Å². The molecule has 10 saturated heterocycles. The summed E-state index contributed by atoms with van der Waals surface area (Å²) in [7, 11) is -26.6. The number of hydrogen-bond donors (Lipinski definition) is 25. The molecule has 0 spiro atoms. The summed E-state index contributed by atoms with van der Waals surface area (Å²) >= 11 is 0. The van der Waals surface area contributed by atoms with E-state index in [-0.39, 0.29) is 127 Å². The first kappa shape index (κ1) is 119. The van der Waals surface area contributed by atoms with Gasteiger partial charge in [0.1, 0.15) is 27.7 Å². The van der Waals surface area contributed by atoms with Gasteiger partial charge < -0.3 is 131 Å². The lowest BCUT2D eigenvalue weighted by Gasteiger charge is -2.36. The number of carboxylic acids is 5. The first-order valence-corrected chi connectivity index (χ1v) is 58.5. The van der Waals surface area contributed by atoms with E-state index in [2.05, 4.69) is 26.6 Å².